The van der Waals surface area contributed by atoms with Crippen LogP contribution in [0.4, 0.5) is 0 Å². The van der Waals surface area contributed by atoms with Crippen LogP contribution in [0, 0.1) is 29.6 Å². The second kappa shape index (κ2) is 33.3. The molecule has 10 rings (SSSR count). The number of carbonyl (C=O) groups is 4. The van der Waals surface area contributed by atoms with Gasteiger partial charge in [-0.25, -0.2) is 14.8 Å². The van der Waals surface area contributed by atoms with Crippen molar-refractivity contribution in [1.29, 1.82) is 0 Å². The Labute approximate surface area is 577 Å². The average molecular weight is 1360 g/mol. The molecule has 98 heavy (non-hydrogen) atoms. The molecule has 1 saturated carbocycles. The summed E-state index contributed by atoms with van der Waals surface area (Å²) in [6.07, 6.45) is 10.8. The number of hydrogen-bond acceptors (Lipinski definition) is 20. The Bertz CT molecular complexity index is 3440. The van der Waals surface area contributed by atoms with Gasteiger partial charge in [-0.3, -0.25) is 14.4 Å². The number of ether oxygens (including phenoxy) is 12. The number of cyclic esters (lactones) is 1. The van der Waals surface area contributed by atoms with Gasteiger partial charge in [-0.05, 0) is 139 Å². The highest BCUT2D eigenvalue weighted by atomic mass is 16.7. The fraction of sp³-hybridized carbons (Fsp3) is 0.653. The van der Waals surface area contributed by atoms with Crippen LogP contribution in [0.1, 0.15) is 168 Å². The van der Waals surface area contributed by atoms with E-state index >= 15 is 0 Å². The number of methoxy groups -OCH3 is 7. The van der Waals surface area contributed by atoms with Crippen LogP contribution in [0.5, 0.6) is 23.0 Å². The number of amides is 1. The summed E-state index contributed by atoms with van der Waals surface area (Å²) >= 11 is 0. The number of rotatable bonds is 19. The molecular formula is C75H105N5O18. The number of carbonyl (C=O) groups excluding carboxylic acids is 4. The molecule has 2 bridgehead atoms. The van der Waals surface area contributed by atoms with Gasteiger partial charge in [0.25, 0.3) is 11.7 Å². The first kappa shape index (κ1) is 74.2. The third-order valence-electron chi connectivity index (χ3n) is 21.2. The molecule has 3 unspecified atom stereocenters. The fourth-order valence-corrected chi connectivity index (χ4v) is 15.6. The van der Waals surface area contributed by atoms with E-state index in [0.717, 1.165) is 59.5 Å². The standard InChI is InChI=1S/C75H105N5O18/c1-14-49-28-43(2)27-44(3)29-64(92-12)71-65(93-13)31-46(5)75(86,98-71)72(83)73(84)78-24-16-15-19-58(78)74(85)97-70(47(6)59(81)39-60(49)82)45(4)30-48-22-23-61(63(32-48)91-11)96-42-67-77-57(41-80(67)69-21-18-26-95-69)54-36-53(89-9)37-62(90-10)55(54)38-66-76-56(40-79(66)68-20-17-25-94-68)50-33-51(87-7)35-52(34-50)88-8/h28,30,33-37,40-41,44,46-49,58-59,61,63-65,68-71,81,86H,14-27,29,31-32,38-39,42H2,1-13H3/b43-28+,45-30+/t44-,46+,47+,48?,49+,58-,59-,61+,63+,64-,65-,68?,69?,70+,71+,75+/m0/s1. The Kier molecular flexibility index (Phi) is 25.2. The van der Waals surface area contributed by atoms with Gasteiger partial charge in [-0.15, -0.1) is 0 Å². The van der Waals surface area contributed by atoms with Crippen LogP contribution in [-0.4, -0.2) is 182 Å². The van der Waals surface area contributed by atoms with E-state index in [4.69, 9.17) is 66.8 Å². The first-order valence-corrected chi connectivity index (χ1v) is 35.3. The first-order chi connectivity index (χ1) is 47.1. The highest BCUT2D eigenvalue weighted by Gasteiger charge is 2.57. The minimum atomic E-state index is -2.55. The zero-order chi connectivity index (χ0) is 70.1. The van der Waals surface area contributed by atoms with E-state index in [1.807, 2.05) is 69.6 Å². The maximum absolute atomic E-state index is 14.9. The number of Topliss-reactive ketones (excluding diaryl/α,β-unsaturated/α-hetero) is 2. The molecule has 4 aromatic rings. The number of aromatic nitrogens is 4. The number of hydrogen-bond donors (Lipinski definition) is 2. The van der Waals surface area contributed by atoms with Crippen LogP contribution >= 0.6 is 0 Å². The second-order valence-electron chi connectivity index (χ2n) is 27.9. The summed E-state index contributed by atoms with van der Waals surface area (Å²) in [5.74, 6) is -4.03. The summed E-state index contributed by atoms with van der Waals surface area (Å²) in [4.78, 5) is 70.3. The van der Waals surface area contributed by atoms with Crippen molar-refractivity contribution in [3.63, 3.8) is 0 Å². The molecule has 23 heteroatoms. The molecule has 0 radical (unpaired) electrons. The molecule has 1 aliphatic carbocycles. The molecule has 2 aromatic heterocycles. The Morgan fingerprint density at radius 2 is 1.36 bits per heavy atom. The lowest BCUT2D eigenvalue weighted by atomic mass is 9.81. The molecule has 5 fully saturated rings. The zero-order valence-electron chi connectivity index (χ0n) is 59.7. The predicted octanol–water partition coefficient (Wildman–Crippen LogP) is 10.7. The molecule has 16 atom stereocenters. The summed E-state index contributed by atoms with van der Waals surface area (Å²) < 4.78 is 78.1. The van der Waals surface area contributed by atoms with Crippen LogP contribution < -0.4 is 18.9 Å². The van der Waals surface area contributed by atoms with Gasteiger partial charge in [-0.1, -0.05) is 45.4 Å². The van der Waals surface area contributed by atoms with Crippen LogP contribution in [0.15, 0.2) is 66.0 Å². The van der Waals surface area contributed by atoms with E-state index in [1.54, 1.807) is 49.4 Å². The molecule has 0 spiro atoms. The molecule has 6 aliphatic rings. The quantitative estimate of drug-likeness (QED) is 0.0502. The number of imidazole rings is 2. The average Bonchev–Trinajstić information content (AvgIpc) is 1.04. The van der Waals surface area contributed by atoms with E-state index in [1.165, 1.54) is 19.1 Å². The highest BCUT2D eigenvalue weighted by molar-refractivity contribution is 6.39. The van der Waals surface area contributed by atoms with E-state index in [-0.39, 0.29) is 74.7 Å². The van der Waals surface area contributed by atoms with Gasteiger partial charge < -0.3 is 81.1 Å². The number of aliphatic hydroxyl groups is 2. The molecular weight excluding hydrogens is 1260 g/mol. The van der Waals surface area contributed by atoms with Crippen LogP contribution in [0.3, 0.4) is 0 Å². The zero-order valence-corrected chi connectivity index (χ0v) is 59.7. The highest BCUT2D eigenvalue weighted by Crippen LogP contribution is 2.43. The number of piperidine rings is 1. The molecule has 2 N–H and O–H groups in total. The van der Waals surface area contributed by atoms with Crippen molar-refractivity contribution in [2.75, 3.05) is 69.5 Å². The van der Waals surface area contributed by atoms with Crippen molar-refractivity contribution in [2.45, 2.75) is 218 Å². The van der Waals surface area contributed by atoms with Gasteiger partial charge in [0.15, 0.2) is 0 Å². The lowest BCUT2D eigenvalue weighted by Crippen LogP contribution is -2.64. The molecule has 23 nitrogen and oxygen atoms in total. The van der Waals surface area contributed by atoms with Gasteiger partial charge in [0.05, 0.1) is 70.3 Å². The van der Waals surface area contributed by atoms with Crippen molar-refractivity contribution in [1.82, 2.24) is 24.0 Å². The molecule has 1 amide bonds. The van der Waals surface area contributed by atoms with Crippen molar-refractivity contribution < 1.29 is 86.2 Å². The maximum atomic E-state index is 14.9. The number of nitrogens with zero attached hydrogens (tertiary/aromatic N) is 5. The van der Waals surface area contributed by atoms with Crippen molar-refractivity contribution in [2.24, 2.45) is 29.6 Å². The third kappa shape index (κ3) is 16.6. The Balaban J connectivity index is 0.909. The smallest absolute Gasteiger partial charge is 0.329 e. The van der Waals surface area contributed by atoms with E-state index in [0.29, 0.717) is 111 Å². The fourth-order valence-electron chi connectivity index (χ4n) is 15.6. The Morgan fingerprint density at radius 3 is 1.99 bits per heavy atom. The number of fused-ring (bicyclic) bond motifs is 3. The summed E-state index contributed by atoms with van der Waals surface area (Å²) in [6.45, 7) is 12.7. The number of allylic oxidation sites excluding steroid dienone is 3. The van der Waals surface area contributed by atoms with Gasteiger partial charge >= 0.3 is 5.97 Å². The largest absolute Gasteiger partial charge is 0.497 e. The van der Waals surface area contributed by atoms with Gasteiger partial charge in [0.2, 0.25) is 5.79 Å². The summed E-state index contributed by atoms with van der Waals surface area (Å²) in [7, 11) is 11.3. The van der Waals surface area contributed by atoms with Crippen LogP contribution in [-0.2, 0) is 70.1 Å². The molecule has 5 aliphatic heterocycles. The first-order valence-electron chi connectivity index (χ1n) is 35.3. The minimum Gasteiger partial charge on any atom is -0.497 e. The van der Waals surface area contributed by atoms with Crippen molar-refractivity contribution in [3.8, 4) is 45.5 Å². The lowest BCUT2D eigenvalue weighted by Gasteiger charge is -2.47. The SMILES string of the molecule is CC[C@@H]1/C=C(\C)C[C@H](C)C[C@H](OC)[C@H]2O[C@@](O)(C(=O)C(=O)N3CCCC[C@H]3C(=O)O[C@H](/C(C)=C/C3CC[C@@H](OCc4nc(-c5cc(OC)cc(OC)c5Cc5nc(-c6cc(OC)cc(OC)c6)cn5C5CCCO5)cn4C4CCCO4)[C@H](OC)C3)[C@H](C)[C@@H](O)CC1=O)[C@H](C)C[C@@H]2OC. The second-order valence-corrected chi connectivity index (χ2v) is 27.9. The third-order valence-corrected chi connectivity index (χ3v) is 21.2. The van der Waals surface area contributed by atoms with Gasteiger partial charge in [-0.2, -0.15) is 0 Å². The summed E-state index contributed by atoms with van der Waals surface area (Å²) in [5, 5.41) is 24.5. The molecule has 4 saturated heterocycles. The number of aliphatic hydroxyl groups excluding tert-OH is 1. The van der Waals surface area contributed by atoms with E-state index in [2.05, 4.69) is 22.1 Å². The number of esters is 1. The van der Waals surface area contributed by atoms with Crippen molar-refractivity contribution >= 4 is 23.4 Å². The number of benzene rings is 2. The normalized spacial score (nSPS) is 31.8. The van der Waals surface area contributed by atoms with E-state index < -0.39 is 77.8 Å². The molecule has 538 valence electrons. The summed E-state index contributed by atoms with van der Waals surface area (Å²) in [6, 6.07) is 8.37. The van der Waals surface area contributed by atoms with Gasteiger partial charge in [0, 0.05) is 113 Å². The lowest BCUT2D eigenvalue weighted by molar-refractivity contribution is -0.302. The van der Waals surface area contributed by atoms with Crippen LogP contribution in [0.25, 0.3) is 22.5 Å². The minimum absolute atomic E-state index is 0.00240. The predicted molar refractivity (Wildman–Crippen MR) is 363 cm³/mol. The topological polar surface area (TPSA) is 258 Å². The molecule has 7 heterocycles. The van der Waals surface area contributed by atoms with Crippen molar-refractivity contribution in [3.05, 3.63) is 83.2 Å². The Hall–Kier alpha value is -6.54. The maximum Gasteiger partial charge on any atom is 0.329 e. The molecule has 2 aromatic carbocycles. The monoisotopic (exact) mass is 1360 g/mol. The number of ketones is 2. The summed E-state index contributed by atoms with van der Waals surface area (Å²) in [5.41, 5.74) is 5.48. The Morgan fingerprint density at radius 1 is 0.714 bits per heavy atom. The van der Waals surface area contributed by atoms with Gasteiger partial charge in [0.1, 0.15) is 77.7 Å². The van der Waals surface area contributed by atoms with Crippen LogP contribution in [0.2, 0.25) is 0 Å². The van der Waals surface area contributed by atoms with E-state index in [9.17, 15) is 29.4 Å².